The minimum atomic E-state index is -1.51. The summed E-state index contributed by atoms with van der Waals surface area (Å²) >= 11 is 0. The van der Waals surface area contributed by atoms with Crippen molar-refractivity contribution >= 4 is 11.9 Å². The molecule has 3 atom stereocenters. The van der Waals surface area contributed by atoms with Gasteiger partial charge in [-0.2, -0.15) is 0 Å². The van der Waals surface area contributed by atoms with Crippen LogP contribution < -0.4 is 10.6 Å². The minimum Gasteiger partial charge on any atom is -0.465 e. The summed E-state index contributed by atoms with van der Waals surface area (Å²) in [6.45, 7) is 8.89. The molecule has 0 aromatic heterocycles. The van der Waals surface area contributed by atoms with E-state index in [0.717, 1.165) is 12.8 Å². The Kier molecular flexibility index (Phi) is 20.2. The summed E-state index contributed by atoms with van der Waals surface area (Å²) in [5.74, 6) is -1.01. The van der Waals surface area contributed by atoms with E-state index < -0.39 is 36.9 Å². The first kappa shape index (κ1) is 28.0. The lowest BCUT2D eigenvalue weighted by atomic mass is 10.1. The fraction of sp³-hybridized carbons (Fsp3) is 0.889. The Hall–Kier alpha value is -1.26. The number of carbonyl (C=O) groups is 2. The SMILES string of the molecule is CC.CCCNCC(=O)OCCC(O)C(O)C(O)COC(=O)CNCCC. The Balaban J connectivity index is 0. The molecule has 0 amide bonds. The van der Waals surface area contributed by atoms with E-state index in [4.69, 9.17) is 9.47 Å². The smallest absolute Gasteiger partial charge is 0.320 e. The summed E-state index contributed by atoms with van der Waals surface area (Å²) in [7, 11) is 0. The number of hydrogen-bond acceptors (Lipinski definition) is 9. The Bertz CT molecular complexity index is 370. The van der Waals surface area contributed by atoms with Gasteiger partial charge in [0.2, 0.25) is 0 Å². The number of carbonyl (C=O) groups excluding carboxylic acids is 2. The zero-order chi connectivity index (χ0) is 21.1. The van der Waals surface area contributed by atoms with Crippen LogP contribution in [0, 0.1) is 0 Å². The van der Waals surface area contributed by atoms with Crippen LogP contribution in [0.3, 0.4) is 0 Å². The number of esters is 2. The van der Waals surface area contributed by atoms with E-state index in [1.807, 2.05) is 27.7 Å². The van der Waals surface area contributed by atoms with E-state index in [1.54, 1.807) is 0 Å². The van der Waals surface area contributed by atoms with Crippen molar-refractivity contribution in [1.82, 2.24) is 10.6 Å². The zero-order valence-electron chi connectivity index (χ0n) is 17.1. The first-order valence-electron chi connectivity index (χ1n) is 9.69. The molecular weight excluding hydrogens is 356 g/mol. The summed E-state index contributed by atoms with van der Waals surface area (Å²) in [4.78, 5) is 22.7. The first-order valence-corrected chi connectivity index (χ1v) is 9.69. The molecule has 0 spiro atoms. The average Bonchev–Trinajstić information content (AvgIpc) is 2.67. The maximum absolute atomic E-state index is 11.4. The van der Waals surface area contributed by atoms with Gasteiger partial charge in [-0.1, -0.05) is 27.7 Å². The predicted octanol–water partition coefficient (Wildman–Crippen LogP) is -0.429. The van der Waals surface area contributed by atoms with Gasteiger partial charge in [-0.15, -0.1) is 0 Å². The molecule has 0 saturated heterocycles. The van der Waals surface area contributed by atoms with Crippen LogP contribution in [0.4, 0.5) is 0 Å². The van der Waals surface area contributed by atoms with Gasteiger partial charge < -0.3 is 35.4 Å². The molecule has 0 heterocycles. The summed E-state index contributed by atoms with van der Waals surface area (Å²) in [5.41, 5.74) is 0. The summed E-state index contributed by atoms with van der Waals surface area (Å²) < 4.78 is 9.70. The van der Waals surface area contributed by atoms with Gasteiger partial charge in [0.1, 0.15) is 18.8 Å². The second-order valence-electron chi connectivity index (χ2n) is 5.67. The Morgan fingerprint density at radius 1 is 0.852 bits per heavy atom. The van der Waals surface area contributed by atoms with Crippen molar-refractivity contribution in [3.63, 3.8) is 0 Å². The predicted molar refractivity (Wildman–Crippen MR) is 102 cm³/mol. The van der Waals surface area contributed by atoms with Gasteiger partial charge in [0.05, 0.1) is 25.8 Å². The van der Waals surface area contributed by atoms with Gasteiger partial charge in [-0.25, -0.2) is 0 Å². The van der Waals surface area contributed by atoms with Crippen LogP contribution in [-0.2, 0) is 19.1 Å². The Morgan fingerprint density at radius 2 is 1.33 bits per heavy atom. The summed E-state index contributed by atoms with van der Waals surface area (Å²) in [5, 5.41) is 35.0. The van der Waals surface area contributed by atoms with Gasteiger partial charge in [-0.3, -0.25) is 9.59 Å². The molecule has 0 fully saturated rings. The van der Waals surface area contributed by atoms with Crippen molar-refractivity contribution in [2.75, 3.05) is 39.4 Å². The highest BCUT2D eigenvalue weighted by molar-refractivity contribution is 5.71. The molecule has 162 valence electrons. The lowest BCUT2D eigenvalue weighted by molar-refractivity contribution is -0.152. The minimum absolute atomic E-state index is 0.0151. The van der Waals surface area contributed by atoms with Crippen molar-refractivity contribution in [3.8, 4) is 0 Å². The van der Waals surface area contributed by atoms with Gasteiger partial charge in [-0.05, 0) is 25.9 Å². The van der Waals surface area contributed by atoms with E-state index in [2.05, 4.69) is 10.6 Å². The molecule has 0 radical (unpaired) electrons. The number of ether oxygens (including phenoxy) is 2. The number of nitrogens with one attached hydrogen (secondary N) is 2. The lowest BCUT2D eigenvalue weighted by Gasteiger charge is -2.22. The quantitative estimate of drug-likeness (QED) is 0.185. The second-order valence-corrected chi connectivity index (χ2v) is 5.67. The largest absolute Gasteiger partial charge is 0.465 e. The Morgan fingerprint density at radius 3 is 1.81 bits per heavy atom. The molecule has 5 N–H and O–H groups in total. The molecule has 0 aliphatic heterocycles. The standard InChI is InChI=1S/C16H32N2O7.C2H6/c1-3-6-17-9-14(21)24-8-5-12(19)16(23)13(20)11-25-15(22)10-18-7-4-2;1-2/h12-13,16-20,23H,3-11H2,1-2H3;1-2H3. The van der Waals surface area contributed by atoms with E-state index in [0.29, 0.717) is 13.1 Å². The van der Waals surface area contributed by atoms with Crippen LogP contribution in [0.15, 0.2) is 0 Å². The van der Waals surface area contributed by atoms with Gasteiger partial charge in [0.25, 0.3) is 0 Å². The van der Waals surface area contributed by atoms with Crippen LogP contribution in [-0.4, -0.2) is 85.0 Å². The fourth-order valence-corrected chi connectivity index (χ4v) is 1.83. The second kappa shape index (κ2) is 19.5. The molecule has 27 heavy (non-hydrogen) atoms. The molecule has 0 aliphatic carbocycles. The maximum atomic E-state index is 11.4. The highest BCUT2D eigenvalue weighted by Crippen LogP contribution is 2.05. The van der Waals surface area contributed by atoms with Crippen LogP contribution in [0.2, 0.25) is 0 Å². The summed E-state index contributed by atoms with van der Waals surface area (Å²) in [6, 6.07) is 0. The number of rotatable bonds is 15. The van der Waals surface area contributed by atoms with Crippen molar-refractivity contribution in [2.24, 2.45) is 0 Å². The number of hydrogen-bond donors (Lipinski definition) is 5. The van der Waals surface area contributed by atoms with Crippen molar-refractivity contribution < 1.29 is 34.4 Å². The molecule has 0 aromatic carbocycles. The molecule has 3 unspecified atom stereocenters. The fourth-order valence-electron chi connectivity index (χ4n) is 1.83. The number of aliphatic hydroxyl groups is 3. The average molecular weight is 395 g/mol. The Labute approximate surface area is 162 Å². The zero-order valence-corrected chi connectivity index (χ0v) is 17.1. The third-order valence-corrected chi connectivity index (χ3v) is 3.27. The van der Waals surface area contributed by atoms with Gasteiger partial charge >= 0.3 is 11.9 Å². The monoisotopic (exact) mass is 394 g/mol. The topological polar surface area (TPSA) is 137 Å². The van der Waals surface area contributed by atoms with E-state index >= 15 is 0 Å². The lowest BCUT2D eigenvalue weighted by Crippen LogP contribution is -2.41. The molecule has 9 heteroatoms. The van der Waals surface area contributed by atoms with Crippen LogP contribution in [0.1, 0.15) is 47.0 Å². The van der Waals surface area contributed by atoms with Crippen LogP contribution in [0.25, 0.3) is 0 Å². The van der Waals surface area contributed by atoms with Crippen LogP contribution in [0.5, 0.6) is 0 Å². The molecule has 0 aromatic rings. The molecule has 0 bridgehead atoms. The van der Waals surface area contributed by atoms with E-state index in [-0.39, 0.29) is 26.1 Å². The normalized spacial score (nSPS) is 13.7. The van der Waals surface area contributed by atoms with Crippen molar-refractivity contribution in [3.05, 3.63) is 0 Å². The van der Waals surface area contributed by atoms with E-state index in [9.17, 15) is 24.9 Å². The first-order chi connectivity index (χ1) is 12.9. The van der Waals surface area contributed by atoms with Crippen molar-refractivity contribution in [2.45, 2.75) is 65.3 Å². The third-order valence-electron chi connectivity index (χ3n) is 3.27. The molecule has 0 aliphatic rings. The maximum Gasteiger partial charge on any atom is 0.320 e. The molecular formula is C18H38N2O7. The molecule has 9 nitrogen and oxygen atoms in total. The number of aliphatic hydroxyl groups excluding tert-OH is 3. The van der Waals surface area contributed by atoms with E-state index in [1.165, 1.54) is 0 Å². The molecule has 0 saturated carbocycles. The summed E-state index contributed by atoms with van der Waals surface area (Å²) in [6.07, 6.45) is -2.50. The highest BCUT2D eigenvalue weighted by atomic mass is 16.5. The molecule has 0 rings (SSSR count). The van der Waals surface area contributed by atoms with Crippen molar-refractivity contribution in [1.29, 1.82) is 0 Å². The van der Waals surface area contributed by atoms with Gasteiger partial charge in [0, 0.05) is 6.42 Å². The van der Waals surface area contributed by atoms with Gasteiger partial charge in [0.15, 0.2) is 0 Å². The third kappa shape index (κ3) is 16.6. The highest BCUT2D eigenvalue weighted by Gasteiger charge is 2.26. The van der Waals surface area contributed by atoms with Crippen LogP contribution >= 0.6 is 0 Å².